The molecule has 1 nitrogen and oxygen atoms in total. The number of hydrogen-bond acceptors (Lipinski definition) is 1. The third kappa shape index (κ3) is 3.93. The Labute approximate surface area is 106 Å². The van der Waals surface area contributed by atoms with Crippen molar-refractivity contribution in [3.05, 3.63) is 28.8 Å². The number of hydrogen-bond donors (Lipinski definition) is 1. The molecule has 0 aliphatic carbocycles. The average Bonchev–Trinajstić information content (AvgIpc) is 2.16. The number of alkyl halides is 3. The molecule has 0 amide bonds. The summed E-state index contributed by atoms with van der Waals surface area (Å²) < 4.78 is 36.6. The van der Waals surface area contributed by atoms with Crippen LogP contribution in [-0.4, -0.2) is 12.7 Å². The smallest absolute Gasteiger partial charge is 0.376 e. The minimum atomic E-state index is -4.19. The zero-order valence-electron chi connectivity index (χ0n) is 11.5. The summed E-state index contributed by atoms with van der Waals surface area (Å²) in [7, 11) is 0. The molecule has 0 atom stereocenters. The molecule has 0 radical (unpaired) electrons. The fourth-order valence-electron chi connectivity index (χ4n) is 1.94. The van der Waals surface area contributed by atoms with Gasteiger partial charge in [0.2, 0.25) is 0 Å². The van der Waals surface area contributed by atoms with Gasteiger partial charge in [0.05, 0.1) is 0 Å². The first kappa shape index (κ1) is 14.9. The summed E-state index contributed by atoms with van der Waals surface area (Å²) in [6.45, 7) is 9.10. The van der Waals surface area contributed by atoms with Crippen molar-refractivity contribution in [2.45, 2.75) is 46.2 Å². The van der Waals surface area contributed by atoms with Crippen LogP contribution in [-0.2, 0) is 5.41 Å². The largest absolute Gasteiger partial charge is 0.405 e. The molecule has 0 fully saturated rings. The zero-order chi connectivity index (χ0) is 14.1. The zero-order valence-corrected chi connectivity index (χ0v) is 11.5. The molecule has 0 unspecified atom stereocenters. The van der Waals surface area contributed by atoms with E-state index >= 15 is 0 Å². The molecule has 1 N–H and O–H groups in total. The molecule has 0 aliphatic rings. The summed E-state index contributed by atoms with van der Waals surface area (Å²) >= 11 is 0. The van der Waals surface area contributed by atoms with Gasteiger partial charge >= 0.3 is 6.18 Å². The Morgan fingerprint density at radius 3 is 2.06 bits per heavy atom. The highest BCUT2D eigenvalue weighted by atomic mass is 19.4. The van der Waals surface area contributed by atoms with E-state index in [0.717, 1.165) is 16.7 Å². The monoisotopic (exact) mass is 259 g/mol. The molecule has 0 aromatic heterocycles. The van der Waals surface area contributed by atoms with Crippen LogP contribution in [0.1, 0.15) is 37.5 Å². The lowest BCUT2D eigenvalue weighted by Gasteiger charge is -2.24. The summed E-state index contributed by atoms with van der Waals surface area (Å²) in [6.07, 6.45) is -4.19. The number of halogens is 3. The second-order valence-electron chi connectivity index (χ2n) is 5.68. The number of nitrogens with one attached hydrogen (secondary N) is 1. The van der Waals surface area contributed by atoms with Crippen molar-refractivity contribution in [1.82, 2.24) is 0 Å². The lowest BCUT2D eigenvalue weighted by atomic mass is 9.82. The first-order valence-electron chi connectivity index (χ1n) is 5.93. The van der Waals surface area contributed by atoms with Crippen molar-refractivity contribution >= 4 is 5.69 Å². The van der Waals surface area contributed by atoms with Crippen LogP contribution in [0.4, 0.5) is 18.9 Å². The molecule has 0 heterocycles. The molecular formula is C14H20F3N. The molecule has 0 aliphatic heterocycles. The fourth-order valence-corrected chi connectivity index (χ4v) is 1.94. The Hall–Kier alpha value is -1.19. The topological polar surface area (TPSA) is 12.0 Å². The van der Waals surface area contributed by atoms with Crippen LogP contribution in [0.15, 0.2) is 12.1 Å². The van der Waals surface area contributed by atoms with Gasteiger partial charge in [-0.3, -0.25) is 0 Å². The van der Waals surface area contributed by atoms with Crippen molar-refractivity contribution in [3.63, 3.8) is 0 Å². The van der Waals surface area contributed by atoms with E-state index in [1.165, 1.54) is 0 Å². The second kappa shape index (κ2) is 4.82. The van der Waals surface area contributed by atoms with Gasteiger partial charge in [-0.1, -0.05) is 20.8 Å². The summed E-state index contributed by atoms with van der Waals surface area (Å²) in [5.41, 5.74) is 3.67. The highest BCUT2D eigenvalue weighted by Gasteiger charge is 2.27. The van der Waals surface area contributed by atoms with Crippen LogP contribution in [0.25, 0.3) is 0 Å². The molecule has 0 saturated carbocycles. The van der Waals surface area contributed by atoms with Crippen molar-refractivity contribution in [1.29, 1.82) is 0 Å². The van der Waals surface area contributed by atoms with E-state index in [1.54, 1.807) is 6.07 Å². The van der Waals surface area contributed by atoms with Gasteiger partial charge in [-0.05, 0) is 48.1 Å². The van der Waals surface area contributed by atoms with E-state index in [0.29, 0.717) is 5.69 Å². The predicted octanol–water partition coefficient (Wildman–Crippen LogP) is 4.58. The first-order valence-corrected chi connectivity index (χ1v) is 5.93. The van der Waals surface area contributed by atoms with Crippen LogP contribution in [0.2, 0.25) is 0 Å². The molecule has 1 rings (SSSR count). The van der Waals surface area contributed by atoms with E-state index in [4.69, 9.17) is 0 Å². The normalized spacial score (nSPS) is 12.7. The molecule has 1 aromatic rings. The van der Waals surface area contributed by atoms with Gasteiger partial charge in [-0.15, -0.1) is 0 Å². The third-order valence-electron chi connectivity index (χ3n) is 2.97. The van der Waals surface area contributed by atoms with Gasteiger partial charge in [0.1, 0.15) is 6.54 Å². The predicted molar refractivity (Wildman–Crippen MR) is 69.2 cm³/mol. The van der Waals surface area contributed by atoms with Gasteiger partial charge in [0.15, 0.2) is 0 Å². The van der Waals surface area contributed by atoms with Gasteiger partial charge in [0, 0.05) is 5.69 Å². The second-order valence-corrected chi connectivity index (χ2v) is 5.68. The Balaban J connectivity index is 3.06. The van der Waals surface area contributed by atoms with E-state index in [9.17, 15) is 13.2 Å². The molecule has 0 saturated heterocycles. The minimum absolute atomic E-state index is 0.0786. The van der Waals surface area contributed by atoms with Crippen LogP contribution >= 0.6 is 0 Å². The summed E-state index contributed by atoms with van der Waals surface area (Å²) in [5.74, 6) is 0. The van der Waals surface area contributed by atoms with Crippen LogP contribution in [0.5, 0.6) is 0 Å². The fraction of sp³-hybridized carbons (Fsp3) is 0.571. The maximum atomic E-state index is 12.2. The van der Waals surface area contributed by atoms with Gasteiger partial charge < -0.3 is 5.32 Å². The standard InChI is InChI=1S/C14H20F3N/c1-9-6-11(18-8-14(15,16)17)7-12(10(9)2)13(3,4)5/h6-7,18H,8H2,1-5H3. The molecular weight excluding hydrogens is 239 g/mol. The third-order valence-corrected chi connectivity index (χ3v) is 2.97. The summed E-state index contributed by atoms with van der Waals surface area (Å²) in [5, 5.41) is 2.44. The average molecular weight is 259 g/mol. The molecule has 102 valence electrons. The molecule has 18 heavy (non-hydrogen) atoms. The van der Waals surface area contributed by atoms with Gasteiger partial charge in [0.25, 0.3) is 0 Å². The van der Waals surface area contributed by atoms with Crippen LogP contribution in [0, 0.1) is 13.8 Å². The lowest BCUT2D eigenvalue weighted by molar-refractivity contribution is -0.115. The quantitative estimate of drug-likeness (QED) is 0.820. The molecule has 0 bridgehead atoms. The Morgan fingerprint density at radius 2 is 1.61 bits per heavy atom. The van der Waals surface area contributed by atoms with E-state index in [1.807, 2.05) is 19.9 Å². The summed E-state index contributed by atoms with van der Waals surface area (Å²) in [6, 6.07) is 3.57. The minimum Gasteiger partial charge on any atom is -0.376 e. The number of aryl methyl sites for hydroxylation is 1. The maximum Gasteiger partial charge on any atom is 0.405 e. The van der Waals surface area contributed by atoms with Gasteiger partial charge in [-0.25, -0.2) is 0 Å². The first-order chi connectivity index (χ1) is 8.00. The van der Waals surface area contributed by atoms with E-state index in [2.05, 4.69) is 26.1 Å². The van der Waals surface area contributed by atoms with Crippen molar-refractivity contribution in [2.24, 2.45) is 0 Å². The Morgan fingerprint density at radius 1 is 1.06 bits per heavy atom. The van der Waals surface area contributed by atoms with Gasteiger partial charge in [-0.2, -0.15) is 13.2 Å². The highest BCUT2D eigenvalue weighted by molar-refractivity contribution is 5.54. The van der Waals surface area contributed by atoms with Crippen molar-refractivity contribution in [2.75, 3.05) is 11.9 Å². The molecule has 1 aromatic carbocycles. The van der Waals surface area contributed by atoms with Crippen molar-refractivity contribution < 1.29 is 13.2 Å². The van der Waals surface area contributed by atoms with Crippen LogP contribution in [0.3, 0.4) is 0 Å². The SMILES string of the molecule is Cc1cc(NCC(F)(F)F)cc(C(C)(C)C)c1C. The van der Waals surface area contributed by atoms with Crippen LogP contribution < -0.4 is 5.32 Å². The number of benzene rings is 1. The Bertz CT molecular complexity index is 428. The van der Waals surface area contributed by atoms with E-state index < -0.39 is 12.7 Å². The lowest BCUT2D eigenvalue weighted by Crippen LogP contribution is -2.22. The number of rotatable bonds is 2. The molecule has 4 heteroatoms. The summed E-state index contributed by atoms with van der Waals surface area (Å²) in [4.78, 5) is 0. The Kier molecular flexibility index (Phi) is 3.99. The highest BCUT2D eigenvalue weighted by Crippen LogP contribution is 2.30. The van der Waals surface area contributed by atoms with E-state index in [-0.39, 0.29) is 5.41 Å². The molecule has 0 spiro atoms. The maximum absolute atomic E-state index is 12.2. The van der Waals surface area contributed by atoms with Crippen molar-refractivity contribution in [3.8, 4) is 0 Å². The number of anilines is 1.